The number of hydrogen-bond acceptors (Lipinski definition) is 9. The van der Waals surface area contributed by atoms with Crippen LogP contribution in [0.1, 0.15) is 55.9 Å². The SMILES string of the molecule is C.CCOc1nc(N)nc(N(C)[C@@H](CCCCNC(=O)OCc2ccccc2)C(=O)Cc2cccc(C(F)(F)F)c2)c1C#N. The molecule has 0 saturated carbocycles. The molecule has 1 amide bonds. The number of nitrogens with zero attached hydrogens (tertiary/aromatic N) is 4. The number of benzene rings is 2. The maximum atomic E-state index is 13.6. The number of Topliss-reactive ketones (excluding diaryl/α,β-unsaturated/α-hetero) is 1. The van der Waals surface area contributed by atoms with Gasteiger partial charge in [0.05, 0.1) is 18.2 Å². The van der Waals surface area contributed by atoms with E-state index in [1.165, 1.54) is 17.0 Å². The molecule has 10 nitrogen and oxygen atoms in total. The first-order valence-electron chi connectivity index (χ1n) is 13.6. The van der Waals surface area contributed by atoms with Crippen molar-refractivity contribution >= 4 is 23.6 Å². The van der Waals surface area contributed by atoms with Crippen LogP contribution in [0.4, 0.5) is 29.7 Å². The van der Waals surface area contributed by atoms with E-state index in [2.05, 4.69) is 15.3 Å². The van der Waals surface area contributed by atoms with Gasteiger partial charge in [0.15, 0.2) is 17.2 Å². The highest BCUT2D eigenvalue weighted by molar-refractivity contribution is 5.89. The number of alkyl carbamates (subject to hydrolysis) is 1. The minimum atomic E-state index is -4.56. The molecule has 236 valence electrons. The zero-order valence-electron chi connectivity index (χ0n) is 23.9. The van der Waals surface area contributed by atoms with Crippen LogP contribution in [-0.2, 0) is 28.7 Å². The Morgan fingerprint density at radius 2 is 1.80 bits per heavy atom. The van der Waals surface area contributed by atoms with Crippen LogP contribution in [0.3, 0.4) is 0 Å². The van der Waals surface area contributed by atoms with E-state index >= 15 is 0 Å². The molecule has 0 radical (unpaired) electrons. The fourth-order valence-corrected chi connectivity index (χ4v) is 4.36. The summed E-state index contributed by atoms with van der Waals surface area (Å²) in [6, 6.07) is 14.9. The number of unbranched alkanes of at least 4 members (excludes halogenated alkanes) is 1. The number of ketones is 1. The molecule has 0 unspecified atom stereocenters. The number of nitriles is 1. The number of anilines is 2. The lowest BCUT2D eigenvalue weighted by Crippen LogP contribution is -2.41. The Morgan fingerprint density at radius 1 is 1.09 bits per heavy atom. The molecule has 2 aromatic carbocycles. The van der Waals surface area contributed by atoms with Crippen LogP contribution >= 0.6 is 0 Å². The first kappa shape index (κ1) is 35.3. The van der Waals surface area contributed by atoms with E-state index in [0.717, 1.165) is 17.7 Å². The van der Waals surface area contributed by atoms with Crippen LogP contribution in [0.15, 0.2) is 54.6 Å². The van der Waals surface area contributed by atoms with Gasteiger partial charge < -0.3 is 25.4 Å². The van der Waals surface area contributed by atoms with Crippen molar-refractivity contribution in [2.45, 2.75) is 58.9 Å². The molecular weight excluding hydrogens is 577 g/mol. The van der Waals surface area contributed by atoms with Crippen LogP contribution in [0.2, 0.25) is 0 Å². The molecule has 0 bridgehead atoms. The molecule has 0 aliphatic carbocycles. The van der Waals surface area contributed by atoms with Gasteiger partial charge in [-0.15, -0.1) is 0 Å². The van der Waals surface area contributed by atoms with Gasteiger partial charge >= 0.3 is 12.3 Å². The number of hydrogen-bond donors (Lipinski definition) is 2. The quantitative estimate of drug-likeness (QED) is 0.219. The standard InChI is InChI=1S/C30H33F3N6O4.CH4/c1-3-42-27-23(18-34)26(37-28(35)38-27)39(2)24(25(40)17-21-12-9-13-22(16-21)30(31,32)33)14-7-8-15-36-29(41)43-19-20-10-5-4-6-11-20;/h4-6,9-13,16,24H,3,7-8,14-15,17,19H2,1-2H3,(H,36,41)(H2,35,37,38);1H4/t24-;/m0./s1. The third-order valence-electron chi connectivity index (χ3n) is 6.46. The lowest BCUT2D eigenvalue weighted by atomic mass is 9.97. The van der Waals surface area contributed by atoms with E-state index in [-0.39, 0.29) is 68.8 Å². The predicted molar refractivity (Wildman–Crippen MR) is 160 cm³/mol. The first-order chi connectivity index (χ1) is 20.5. The van der Waals surface area contributed by atoms with Crippen molar-refractivity contribution in [1.82, 2.24) is 15.3 Å². The van der Waals surface area contributed by atoms with Gasteiger partial charge in [0.1, 0.15) is 12.7 Å². The lowest BCUT2D eigenvalue weighted by molar-refractivity contribution is -0.137. The fourth-order valence-electron chi connectivity index (χ4n) is 4.36. The van der Waals surface area contributed by atoms with Crippen molar-refractivity contribution < 1.29 is 32.2 Å². The lowest BCUT2D eigenvalue weighted by Gasteiger charge is -2.29. The molecule has 1 heterocycles. The number of halogens is 3. The van der Waals surface area contributed by atoms with Crippen molar-refractivity contribution in [2.75, 3.05) is 30.8 Å². The largest absolute Gasteiger partial charge is 0.477 e. The Morgan fingerprint density at radius 3 is 2.45 bits per heavy atom. The van der Waals surface area contributed by atoms with Gasteiger partial charge in [-0.1, -0.05) is 56.0 Å². The summed E-state index contributed by atoms with van der Waals surface area (Å²) in [6.07, 6.45) is -4.26. The number of carbonyl (C=O) groups excluding carboxylic acids is 2. The topological polar surface area (TPSA) is 143 Å². The number of nitrogen functional groups attached to an aromatic ring is 1. The predicted octanol–water partition coefficient (Wildman–Crippen LogP) is 5.70. The molecule has 0 spiro atoms. The summed E-state index contributed by atoms with van der Waals surface area (Å²) in [6.45, 7) is 2.30. The Labute approximate surface area is 255 Å². The zero-order valence-corrected chi connectivity index (χ0v) is 23.9. The van der Waals surface area contributed by atoms with Crippen molar-refractivity contribution in [2.24, 2.45) is 0 Å². The van der Waals surface area contributed by atoms with Gasteiger partial charge in [0, 0.05) is 20.0 Å². The van der Waals surface area contributed by atoms with Gasteiger partial charge in [-0.05, 0) is 43.4 Å². The summed E-state index contributed by atoms with van der Waals surface area (Å²) in [4.78, 5) is 35.2. The van der Waals surface area contributed by atoms with E-state index in [1.807, 2.05) is 36.4 Å². The van der Waals surface area contributed by atoms with E-state index in [1.54, 1.807) is 14.0 Å². The van der Waals surface area contributed by atoms with Gasteiger partial charge in [0.25, 0.3) is 0 Å². The summed E-state index contributed by atoms with van der Waals surface area (Å²) in [7, 11) is 1.55. The number of ether oxygens (including phenoxy) is 2. The molecular formula is C31H37F3N6O4. The van der Waals surface area contributed by atoms with Gasteiger partial charge in [-0.2, -0.15) is 28.4 Å². The average Bonchev–Trinajstić information content (AvgIpc) is 2.97. The molecule has 13 heteroatoms. The molecule has 1 aromatic heterocycles. The Hall–Kier alpha value is -4.86. The second kappa shape index (κ2) is 16.7. The van der Waals surface area contributed by atoms with Crippen molar-refractivity contribution in [1.29, 1.82) is 5.26 Å². The van der Waals surface area contributed by atoms with Crippen molar-refractivity contribution in [3.8, 4) is 11.9 Å². The summed E-state index contributed by atoms with van der Waals surface area (Å²) in [5.41, 5.74) is 6.01. The van der Waals surface area contributed by atoms with Crippen LogP contribution in [-0.4, -0.2) is 48.1 Å². The minimum absolute atomic E-state index is 0. The summed E-state index contributed by atoms with van der Waals surface area (Å²) in [5.74, 6) is -0.548. The second-order valence-corrected chi connectivity index (χ2v) is 9.58. The van der Waals surface area contributed by atoms with Crippen LogP contribution in [0.25, 0.3) is 0 Å². The van der Waals surface area contributed by atoms with Crippen molar-refractivity contribution in [3.63, 3.8) is 0 Å². The zero-order chi connectivity index (χ0) is 31.4. The maximum absolute atomic E-state index is 13.6. The minimum Gasteiger partial charge on any atom is -0.477 e. The van der Waals surface area contributed by atoms with E-state index in [0.29, 0.717) is 12.8 Å². The highest BCUT2D eigenvalue weighted by atomic mass is 19.4. The molecule has 3 N–H and O–H groups in total. The highest BCUT2D eigenvalue weighted by Crippen LogP contribution is 2.31. The molecule has 44 heavy (non-hydrogen) atoms. The summed E-state index contributed by atoms with van der Waals surface area (Å²) < 4.78 is 50.4. The monoisotopic (exact) mass is 614 g/mol. The molecule has 1 atom stereocenters. The van der Waals surface area contributed by atoms with Crippen molar-refractivity contribution in [3.05, 3.63) is 76.9 Å². The van der Waals surface area contributed by atoms with E-state index in [4.69, 9.17) is 15.2 Å². The third-order valence-corrected chi connectivity index (χ3v) is 6.46. The molecule has 0 fully saturated rings. The number of rotatable bonds is 14. The number of aromatic nitrogens is 2. The summed E-state index contributed by atoms with van der Waals surface area (Å²) >= 11 is 0. The number of likely N-dealkylation sites (N-methyl/N-ethyl adjacent to an activating group) is 1. The second-order valence-electron chi connectivity index (χ2n) is 9.58. The van der Waals surface area contributed by atoms with Gasteiger partial charge in [0.2, 0.25) is 11.8 Å². The first-order valence-corrected chi connectivity index (χ1v) is 13.6. The van der Waals surface area contributed by atoms with E-state index < -0.39 is 29.7 Å². The number of amides is 1. The Bertz CT molecular complexity index is 1430. The molecule has 3 rings (SSSR count). The third kappa shape index (κ3) is 10.1. The normalized spacial score (nSPS) is 11.5. The van der Waals surface area contributed by atoms with Gasteiger partial charge in [-0.3, -0.25) is 4.79 Å². The molecule has 3 aromatic rings. The molecule has 0 aliphatic rings. The summed E-state index contributed by atoms with van der Waals surface area (Å²) in [5, 5.41) is 12.5. The number of alkyl halides is 3. The highest BCUT2D eigenvalue weighted by Gasteiger charge is 2.32. The van der Waals surface area contributed by atoms with Crippen LogP contribution in [0, 0.1) is 11.3 Å². The maximum Gasteiger partial charge on any atom is 0.416 e. The number of nitrogens with two attached hydrogens (primary N) is 1. The van der Waals surface area contributed by atoms with Gasteiger partial charge in [-0.25, -0.2) is 4.79 Å². The Kier molecular flexibility index (Phi) is 13.4. The van der Waals surface area contributed by atoms with E-state index in [9.17, 15) is 28.0 Å². The number of nitrogens with one attached hydrogen (secondary N) is 1. The average molecular weight is 615 g/mol. The Balaban J connectivity index is 0.00000675. The number of carbonyl (C=O) groups is 2. The smallest absolute Gasteiger partial charge is 0.416 e. The van der Waals surface area contributed by atoms with Crippen LogP contribution in [0.5, 0.6) is 5.88 Å². The molecule has 0 aliphatic heterocycles. The fraction of sp³-hybridized carbons (Fsp3) is 0.387. The van der Waals surface area contributed by atoms with Crippen LogP contribution < -0.4 is 20.7 Å². The molecule has 0 saturated heterocycles.